The summed E-state index contributed by atoms with van der Waals surface area (Å²) >= 11 is 0. The van der Waals surface area contributed by atoms with Crippen LogP contribution < -0.4 is 10.2 Å². The predicted octanol–water partition coefficient (Wildman–Crippen LogP) is 3.53. The highest BCUT2D eigenvalue weighted by atomic mass is 16.6. The molecule has 1 heterocycles. The fourth-order valence-electron chi connectivity index (χ4n) is 3.11. The van der Waals surface area contributed by atoms with E-state index in [4.69, 9.17) is 4.74 Å². The average molecular weight is 367 g/mol. The van der Waals surface area contributed by atoms with Crippen molar-refractivity contribution < 1.29 is 14.3 Å². The summed E-state index contributed by atoms with van der Waals surface area (Å²) in [6, 6.07) is 15.3. The summed E-state index contributed by atoms with van der Waals surface area (Å²) in [5.41, 5.74) is 3.54. The van der Waals surface area contributed by atoms with Crippen molar-refractivity contribution in [3.05, 3.63) is 59.7 Å². The Morgan fingerprint density at radius 1 is 1.04 bits per heavy atom. The predicted molar refractivity (Wildman–Crippen MR) is 106 cm³/mol. The minimum absolute atomic E-state index is 0.116. The van der Waals surface area contributed by atoms with Gasteiger partial charge in [0, 0.05) is 43.1 Å². The molecule has 142 valence electrons. The number of hydrogen-bond donors (Lipinski definition) is 1. The fraction of sp³-hybridized carbons (Fsp3) is 0.333. The largest absolute Gasteiger partial charge is 0.450 e. The third-order valence-corrected chi connectivity index (χ3v) is 4.58. The minimum atomic E-state index is -0.244. The number of nitrogens with zero attached hydrogens (tertiary/aromatic N) is 2. The minimum Gasteiger partial charge on any atom is -0.450 e. The van der Waals surface area contributed by atoms with Crippen molar-refractivity contribution >= 4 is 23.4 Å². The zero-order valence-electron chi connectivity index (χ0n) is 15.8. The molecule has 0 atom stereocenters. The maximum absolute atomic E-state index is 12.3. The van der Waals surface area contributed by atoms with Gasteiger partial charge in [-0.15, -0.1) is 0 Å². The van der Waals surface area contributed by atoms with E-state index < -0.39 is 0 Å². The first-order valence-corrected chi connectivity index (χ1v) is 9.21. The zero-order chi connectivity index (χ0) is 19.2. The summed E-state index contributed by atoms with van der Waals surface area (Å²) in [4.78, 5) is 28.1. The van der Waals surface area contributed by atoms with Crippen LogP contribution in [0.5, 0.6) is 0 Å². The Kier molecular flexibility index (Phi) is 5.96. The molecule has 1 aliphatic heterocycles. The number of anilines is 2. The lowest BCUT2D eigenvalue weighted by Crippen LogP contribution is -2.49. The van der Waals surface area contributed by atoms with Crippen LogP contribution in [0.15, 0.2) is 48.5 Å². The van der Waals surface area contributed by atoms with Crippen molar-refractivity contribution in [1.29, 1.82) is 0 Å². The molecule has 27 heavy (non-hydrogen) atoms. The fourth-order valence-corrected chi connectivity index (χ4v) is 3.11. The average Bonchev–Trinajstić information content (AvgIpc) is 2.69. The lowest BCUT2D eigenvalue weighted by molar-refractivity contribution is 0.102. The van der Waals surface area contributed by atoms with Crippen LogP contribution in [0.4, 0.5) is 16.2 Å². The van der Waals surface area contributed by atoms with E-state index in [0.29, 0.717) is 25.3 Å². The van der Waals surface area contributed by atoms with Gasteiger partial charge in [0.25, 0.3) is 5.91 Å². The van der Waals surface area contributed by atoms with E-state index in [0.717, 1.165) is 30.0 Å². The number of carbonyl (C=O) groups is 2. The maximum Gasteiger partial charge on any atom is 0.409 e. The van der Waals surface area contributed by atoms with Crippen molar-refractivity contribution in [3.8, 4) is 0 Å². The third kappa shape index (κ3) is 4.78. The molecule has 1 N–H and O–H groups in total. The Morgan fingerprint density at radius 2 is 1.74 bits per heavy atom. The van der Waals surface area contributed by atoms with Crippen molar-refractivity contribution in [3.63, 3.8) is 0 Å². The van der Waals surface area contributed by atoms with Gasteiger partial charge < -0.3 is 19.9 Å². The van der Waals surface area contributed by atoms with E-state index in [9.17, 15) is 9.59 Å². The summed E-state index contributed by atoms with van der Waals surface area (Å²) < 4.78 is 5.05. The smallest absolute Gasteiger partial charge is 0.409 e. The molecule has 1 fully saturated rings. The molecule has 0 spiro atoms. The second-order valence-corrected chi connectivity index (χ2v) is 6.54. The number of benzene rings is 2. The van der Waals surface area contributed by atoms with Crippen molar-refractivity contribution in [2.24, 2.45) is 0 Å². The van der Waals surface area contributed by atoms with Gasteiger partial charge >= 0.3 is 6.09 Å². The molecule has 6 nitrogen and oxygen atoms in total. The molecule has 0 radical (unpaired) electrons. The molecule has 1 saturated heterocycles. The quantitative estimate of drug-likeness (QED) is 0.898. The number of carbonyl (C=O) groups excluding carboxylic acids is 2. The van der Waals surface area contributed by atoms with Crippen LogP contribution in [0, 0.1) is 6.92 Å². The summed E-state index contributed by atoms with van der Waals surface area (Å²) in [6.45, 7) is 6.98. The second kappa shape index (κ2) is 8.58. The van der Waals surface area contributed by atoms with Gasteiger partial charge in [0.1, 0.15) is 0 Å². The van der Waals surface area contributed by atoms with E-state index in [1.165, 1.54) is 0 Å². The van der Waals surface area contributed by atoms with Crippen LogP contribution in [-0.4, -0.2) is 49.7 Å². The van der Waals surface area contributed by atoms with Crippen molar-refractivity contribution in [1.82, 2.24) is 4.90 Å². The first kappa shape index (κ1) is 18.8. The molecular weight excluding hydrogens is 342 g/mol. The monoisotopic (exact) mass is 367 g/mol. The van der Waals surface area contributed by atoms with Crippen LogP contribution >= 0.6 is 0 Å². The first-order valence-electron chi connectivity index (χ1n) is 9.21. The molecule has 2 amide bonds. The molecule has 0 saturated carbocycles. The lowest BCUT2D eigenvalue weighted by atomic mass is 10.1. The molecule has 0 unspecified atom stereocenters. The Bertz CT molecular complexity index is 797. The Hall–Kier alpha value is -3.02. The number of hydrogen-bond acceptors (Lipinski definition) is 4. The molecule has 0 aromatic heterocycles. The van der Waals surface area contributed by atoms with Crippen LogP contribution in [0.1, 0.15) is 22.8 Å². The highest BCUT2D eigenvalue weighted by Crippen LogP contribution is 2.20. The second-order valence-electron chi connectivity index (χ2n) is 6.54. The van der Waals surface area contributed by atoms with Crippen molar-refractivity contribution in [2.75, 3.05) is 43.0 Å². The Balaban J connectivity index is 1.56. The van der Waals surface area contributed by atoms with Gasteiger partial charge in [0.15, 0.2) is 0 Å². The molecule has 0 aliphatic carbocycles. The number of aryl methyl sites for hydroxylation is 1. The van der Waals surface area contributed by atoms with E-state index >= 15 is 0 Å². The van der Waals surface area contributed by atoms with E-state index in [2.05, 4.69) is 10.2 Å². The Morgan fingerprint density at radius 3 is 2.37 bits per heavy atom. The molecule has 1 aliphatic rings. The topological polar surface area (TPSA) is 61.9 Å². The van der Waals surface area contributed by atoms with E-state index in [-0.39, 0.29) is 12.0 Å². The molecular formula is C21H25N3O3. The number of ether oxygens (including phenoxy) is 1. The molecule has 3 rings (SSSR count). The number of nitrogens with one attached hydrogen (secondary N) is 1. The maximum atomic E-state index is 12.3. The number of piperazine rings is 1. The highest BCUT2D eigenvalue weighted by molar-refractivity contribution is 6.04. The Labute approximate surface area is 159 Å². The summed E-state index contributed by atoms with van der Waals surface area (Å²) in [6.07, 6.45) is -0.244. The van der Waals surface area contributed by atoms with Gasteiger partial charge in [-0.1, -0.05) is 17.7 Å². The summed E-state index contributed by atoms with van der Waals surface area (Å²) in [5, 5.41) is 2.92. The molecule has 2 aromatic rings. The van der Waals surface area contributed by atoms with Crippen LogP contribution in [0.2, 0.25) is 0 Å². The molecule has 0 bridgehead atoms. The number of rotatable bonds is 4. The normalized spacial score (nSPS) is 14.0. The summed E-state index contributed by atoms with van der Waals surface area (Å²) in [5.74, 6) is -0.116. The van der Waals surface area contributed by atoms with Gasteiger partial charge in [0.05, 0.1) is 6.61 Å². The van der Waals surface area contributed by atoms with Crippen LogP contribution in [0.25, 0.3) is 0 Å². The highest BCUT2D eigenvalue weighted by Gasteiger charge is 2.22. The summed E-state index contributed by atoms with van der Waals surface area (Å²) in [7, 11) is 0. The van der Waals surface area contributed by atoms with Gasteiger partial charge in [-0.05, 0) is 50.2 Å². The SMILES string of the molecule is CCOC(=O)N1CCN(c2ccc(NC(=O)c3cccc(C)c3)cc2)CC1. The molecule has 2 aromatic carbocycles. The van der Waals surface area contributed by atoms with Crippen molar-refractivity contribution in [2.45, 2.75) is 13.8 Å². The van der Waals surface area contributed by atoms with Crippen LogP contribution in [0.3, 0.4) is 0 Å². The molecule has 6 heteroatoms. The standard InChI is InChI=1S/C21H25N3O3/c1-3-27-21(26)24-13-11-23(12-14-24)19-9-7-18(8-10-19)22-20(25)17-6-4-5-16(2)15-17/h4-10,15H,3,11-14H2,1-2H3,(H,22,25). The zero-order valence-corrected chi connectivity index (χ0v) is 15.8. The number of amides is 2. The van der Waals surface area contributed by atoms with Gasteiger partial charge in [-0.3, -0.25) is 4.79 Å². The van der Waals surface area contributed by atoms with E-state index in [1.54, 1.807) is 11.0 Å². The van der Waals surface area contributed by atoms with Gasteiger partial charge in [0.2, 0.25) is 0 Å². The first-order chi connectivity index (χ1) is 13.1. The van der Waals surface area contributed by atoms with E-state index in [1.807, 2.05) is 56.3 Å². The van der Waals surface area contributed by atoms with Gasteiger partial charge in [-0.2, -0.15) is 0 Å². The lowest BCUT2D eigenvalue weighted by Gasteiger charge is -2.35. The van der Waals surface area contributed by atoms with Gasteiger partial charge in [-0.25, -0.2) is 4.79 Å². The third-order valence-electron chi connectivity index (χ3n) is 4.58. The van der Waals surface area contributed by atoms with Crippen LogP contribution in [-0.2, 0) is 4.74 Å².